The summed E-state index contributed by atoms with van der Waals surface area (Å²) < 4.78 is 42.7. The van der Waals surface area contributed by atoms with Crippen LogP contribution >= 0.6 is 0 Å². The zero-order valence-electron chi connectivity index (χ0n) is 23.6. The van der Waals surface area contributed by atoms with Crippen molar-refractivity contribution in [1.82, 2.24) is 30.2 Å². The van der Waals surface area contributed by atoms with Crippen LogP contribution in [0.25, 0.3) is 21.8 Å². The number of aromatic nitrogens is 6. The summed E-state index contributed by atoms with van der Waals surface area (Å²) in [4.78, 5) is 4.40. The summed E-state index contributed by atoms with van der Waals surface area (Å²) in [6.07, 6.45) is -0.188. The number of alkyl halides is 3. The molecule has 1 aliphatic rings. The van der Waals surface area contributed by atoms with Crippen LogP contribution in [0.15, 0.2) is 48.9 Å². The second kappa shape index (κ2) is 9.98. The van der Waals surface area contributed by atoms with E-state index >= 15 is 0 Å². The predicted octanol–water partition coefficient (Wildman–Crippen LogP) is 6.16. The first-order valence-corrected chi connectivity index (χ1v) is 13.6. The number of nitrogens with one attached hydrogen (secondary N) is 3. The zero-order valence-corrected chi connectivity index (χ0v) is 23.6. The number of H-pyrrole nitrogens is 1. The van der Waals surface area contributed by atoms with Crippen molar-refractivity contribution in [2.24, 2.45) is 5.41 Å². The topological polar surface area (TPSA) is 144 Å². The van der Waals surface area contributed by atoms with E-state index in [4.69, 9.17) is 0 Å². The van der Waals surface area contributed by atoms with Gasteiger partial charge in [-0.25, -0.2) is 4.68 Å². The summed E-state index contributed by atoms with van der Waals surface area (Å²) in [6.45, 7) is 6.72. The molecule has 0 bridgehead atoms. The molecule has 0 aliphatic heterocycles. The lowest BCUT2D eigenvalue weighted by Gasteiger charge is -2.23. The Balaban J connectivity index is 1.50. The molecular weight excluding hydrogens is 557 g/mol. The Morgan fingerprint density at radius 2 is 1.84 bits per heavy atom. The molecule has 1 saturated carbocycles. The number of halogens is 3. The first-order valence-electron chi connectivity index (χ1n) is 13.6. The van der Waals surface area contributed by atoms with E-state index in [0.29, 0.717) is 39.9 Å². The van der Waals surface area contributed by atoms with Gasteiger partial charge < -0.3 is 10.6 Å². The molecular formula is C30H27F3N10. The van der Waals surface area contributed by atoms with Gasteiger partial charge >= 0.3 is 6.18 Å². The van der Waals surface area contributed by atoms with Crippen LogP contribution in [0.5, 0.6) is 0 Å². The average Bonchev–Trinajstić information content (AvgIpc) is 3.41. The third kappa shape index (κ3) is 4.97. The number of aromatic amines is 1. The molecule has 2 aromatic carbocycles. The first-order chi connectivity index (χ1) is 20.4. The van der Waals surface area contributed by atoms with Gasteiger partial charge in [0.15, 0.2) is 5.54 Å². The van der Waals surface area contributed by atoms with Crippen molar-refractivity contribution in [1.29, 1.82) is 10.5 Å². The molecule has 3 aromatic heterocycles. The molecule has 43 heavy (non-hydrogen) atoms. The fourth-order valence-corrected chi connectivity index (χ4v) is 5.20. The Labute approximate surface area is 244 Å². The first kappa shape index (κ1) is 28.0. The summed E-state index contributed by atoms with van der Waals surface area (Å²) in [5.74, 6) is 0. The van der Waals surface area contributed by atoms with Crippen LogP contribution in [0.4, 0.5) is 24.5 Å². The number of anilines is 2. The van der Waals surface area contributed by atoms with Crippen molar-refractivity contribution >= 4 is 33.2 Å². The minimum absolute atomic E-state index is 0.0660. The summed E-state index contributed by atoms with van der Waals surface area (Å²) in [5, 5.41) is 43.1. The lowest BCUT2D eigenvalue weighted by atomic mass is 9.96. The van der Waals surface area contributed by atoms with E-state index in [1.54, 1.807) is 18.3 Å². The number of rotatable bonds is 7. The van der Waals surface area contributed by atoms with Crippen LogP contribution in [0, 0.1) is 28.1 Å². The van der Waals surface area contributed by atoms with Crippen molar-refractivity contribution < 1.29 is 13.2 Å². The second-order valence-electron chi connectivity index (χ2n) is 12.0. The zero-order chi connectivity index (χ0) is 30.6. The molecule has 6 rings (SSSR count). The van der Waals surface area contributed by atoms with E-state index in [1.165, 1.54) is 12.4 Å². The molecule has 3 heterocycles. The molecule has 0 unspecified atom stereocenters. The van der Waals surface area contributed by atoms with Crippen LogP contribution in [0.2, 0.25) is 0 Å². The van der Waals surface area contributed by atoms with Crippen LogP contribution in [-0.2, 0) is 5.54 Å². The minimum atomic E-state index is -4.46. The Morgan fingerprint density at radius 3 is 2.51 bits per heavy atom. The van der Waals surface area contributed by atoms with Crippen LogP contribution in [-0.4, -0.2) is 42.9 Å². The van der Waals surface area contributed by atoms with E-state index in [0.717, 1.165) is 15.6 Å². The molecule has 0 amide bonds. The maximum Gasteiger partial charge on any atom is 0.413 e. The fraction of sp³-hybridized carbons (Fsp3) is 0.333. The SMILES string of the molecule is CC(C)(C)CNc1c(C#N)cnc2c(C#N)cc(N[C@H](c3cn(C4(C(F)(F)F)CC4)nn3)c3cccc4[nH]ncc34)cc12. The van der Waals surface area contributed by atoms with Crippen molar-refractivity contribution in [3.8, 4) is 12.1 Å². The van der Waals surface area contributed by atoms with Crippen LogP contribution < -0.4 is 10.6 Å². The second-order valence-corrected chi connectivity index (χ2v) is 12.0. The average molecular weight is 585 g/mol. The summed E-state index contributed by atoms with van der Waals surface area (Å²) in [7, 11) is 0. The molecule has 1 aliphatic carbocycles. The molecule has 0 spiro atoms. The molecule has 0 radical (unpaired) electrons. The smallest absolute Gasteiger partial charge is 0.383 e. The molecule has 5 aromatic rings. The standard InChI is InChI=1S/C30H27F3N10/c1-28(2,3)16-37-26-18(12-35)13-36-25-17(11-34)9-19(10-21(25)26)39-27(20-5-4-6-23-22(20)14-38-40-23)24-15-43(42-41-24)29(7-8-29)30(31,32)33/h4-6,9-10,13-15,27,39H,7-8,16H2,1-3H3,(H,36,37)(H,38,40)/t27-/m0/s1. The number of nitriles is 2. The Bertz CT molecular complexity index is 1930. The Morgan fingerprint density at radius 1 is 1.07 bits per heavy atom. The van der Waals surface area contributed by atoms with E-state index in [2.05, 4.69) is 69.0 Å². The van der Waals surface area contributed by atoms with Crippen LogP contribution in [0.1, 0.15) is 62.0 Å². The minimum Gasteiger partial charge on any atom is -0.383 e. The maximum atomic E-state index is 13.9. The van der Waals surface area contributed by atoms with Crippen molar-refractivity contribution in [2.75, 3.05) is 17.2 Å². The van der Waals surface area contributed by atoms with Crippen molar-refractivity contribution in [3.05, 3.63) is 71.3 Å². The van der Waals surface area contributed by atoms with Crippen molar-refractivity contribution in [3.63, 3.8) is 0 Å². The molecule has 13 heteroatoms. The third-order valence-corrected chi connectivity index (χ3v) is 7.64. The van der Waals surface area contributed by atoms with Gasteiger partial charge in [0.25, 0.3) is 0 Å². The van der Waals surface area contributed by atoms with E-state index < -0.39 is 17.8 Å². The Kier molecular flexibility index (Phi) is 6.49. The lowest BCUT2D eigenvalue weighted by Crippen LogP contribution is -2.35. The van der Waals surface area contributed by atoms with Crippen molar-refractivity contribution in [2.45, 2.75) is 51.4 Å². The monoisotopic (exact) mass is 584 g/mol. The normalized spacial score (nSPS) is 15.2. The molecule has 3 N–H and O–H groups in total. The van der Waals surface area contributed by atoms with Crippen LogP contribution in [0.3, 0.4) is 0 Å². The number of hydrogen-bond donors (Lipinski definition) is 3. The lowest BCUT2D eigenvalue weighted by molar-refractivity contribution is -0.182. The quantitative estimate of drug-likeness (QED) is 0.206. The van der Waals surface area contributed by atoms with Gasteiger partial charge in [-0.3, -0.25) is 10.1 Å². The molecule has 0 saturated heterocycles. The van der Waals surface area contributed by atoms with Gasteiger partial charge in [0.05, 0.1) is 46.3 Å². The third-order valence-electron chi connectivity index (χ3n) is 7.64. The number of pyridine rings is 1. The molecule has 1 atom stereocenters. The molecule has 218 valence electrons. The number of fused-ring (bicyclic) bond motifs is 2. The molecule has 10 nitrogen and oxygen atoms in total. The maximum absolute atomic E-state index is 13.9. The summed E-state index contributed by atoms with van der Waals surface area (Å²) in [6, 6.07) is 12.5. The molecule has 1 fully saturated rings. The highest BCUT2D eigenvalue weighted by Crippen LogP contribution is 2.55. The van der Waals surface area contributed by atoms with Gasteiger partial charge in [-0.2, -0.15) is 28.8 Å². The van der Waals surface area contributed by atoms with Gasteiger partial charge in [0.2, 0.25) is 0 Å². The fourth-order valence-electron chi connectivity index (χ4n) is 5.20. The highest BCUT2D eigenvalue weighted by atomic mass is 19.4. The summed E-state index contributed by atoms with van der Waals surface area (Å²) >= 11 is 0. The van der Waals surface area contributed by atoms with Gasteiger partial charge in [-0.1, -0.05) is 38.1 Å². The van der Waals surface area contributed by atoms with E-state index in [1.807, 2.05) is 18.2 Å². The van der Waals surface area contributed by atoms with Gasteiger partial charge in [0.1, 0.15) is 17.8 Å². The summed E-state index contributed by atoms with van der Waals surface area (Å²) in [5.41, 5.74) is 1.56. The van der Waals surface area contributed by atoms with E-state index in [9.17, 15) is 23.7 Å². The number of nitrogens with zero attached hydrogens (tertiary/aromatic N) is 7. The highest BCUT2D eigenvalue weighted by Gasteiger charge is 2.66. The Hall–Kier alpha value is -5.17. The van der Waals surface area contributed by atoms with Gasteiger partial charge in [-0.05, 0) is 42.0 Å². The van der Waals surface area contributed by atoms with Gasteiger partial charge in [-0.15, -0.1) is 5.10 Å². The van der Waals surface area contributed by atoms with E-state index in [-0.39, 0.29) is 29.5 Å². The van der Waals surface area contributed by atoms with Gasteiger partial charge in [0, 0.05) is 29.2 Å². The number of benzene rings is 2. The predicted molar refractivity (Wildman–Crippen MR) is 154 cm³/mol. The number of hydrogen-bond acceptors (Lipinski definition) is 8. The largest absolute Gasteiger partial charge is 0.413 e. The highest BCUT2D eigenvalue weighted by molar-refractivity contribution is 5.99.